The maximum atomic E-state index is 12.4. The van der Waals surface area contributed by atoms with Crippen LogP contribution in [-0.2, 0) is 9.59 Å². The molecule has 0 radical (unpaired) electrons. The highest BCUT2D eigenvalue weighted by Gasteiger charge is 2.39. The van der Waals surface area contributed by atoms with Gasteiger partial charge in [-0.3, -0.25) is 9.59 Å². The van der Waals surface area contributed by atoms with Gasteiger partial charge in [0.25, 0.3) is 0 Å². The molecule has 2 fully saturated rings. The van der Waals surface area contributed by atoms with Gasteiger partial charge in [0.2, 0.25) is 11.8 Å². The van der Waals surface area contributed by atoms with Crippen LogP contribution >= 0.6 is 0 Å². The Balaban J connectivity index is 1.83. The summed E-state index contributed by atoms with van der Waals surface area (Å²) in [5.41, 5.74) is 0. The van der Waals surface area contributed by atoms with Crippen LogP contribution in [0, 0.1) is 0 Å². The highest BCUT2D eigenvalue weighted by molar-refractivity contribution is 5.95. The van der Waals surface area contributed by atoms with E-state index in [2.05, 4.69) is 19.2 Å². The molecule has 1 N–H and O–H groups in total. The molecule has 2 rings (SSSR count). The number of carbonyl (C=O) groups is 2. The van der Waals surface area contributed by atoms with Crippen molar-refractivity contribution >= 4 is 11.8 Å². The maximum absolute atomic E-state index is 12.4. The summed E-state index contributed by atoms with van der Waals surface area (Å²) in [5, 5.41) is 3.37. The molecule has 2 heterocycles. The summed E-state index contributed by atoms with van der Waals surface area (Å²) in [4.78, 5) is 28.1. The van der Waals surface area contributed by atoms with Gasteiger partial charge in [-0.25, -0.2) is 0 Å². The summed E-state index contributed by atoms with van der Waals surface area (Å²) in [6, 6.07) is 0.304. The van der Waals surface area contributed by atoms with Gasteiger partial charge in [0.1, 0.15) is 6.04 Å². The highest BCUT2D eigenvalue weighted by Crippen LogP contribution is 2.23. The highest BCUT2D eigenvalue weighted by atomic mass is 16.2. The molecular formula is C15H27N3O2. The topological polar surface area (TPSA) is 52.7 Å². The average Bonchev–Trinajstić information content (AvgIpc) is 2.44. The zero-order valence-corrected chi connectivity index (χ0v) is 12.7. The van der Waals surface area contributed by atoms with Crippen LogP contribution in [0.1, 0.15) is 46.0 Å². The molecule has 20 heavy (non-hydrogen) atoms. The maximum Gasteiger partial charge on any atom is 0.245 e. The van der Waals surface area contributed by atoms with Crippen molar-refractivity contribution in [2.24, 2.45) is 0 Å². The normalized spacial score (nSPS) is 24.8. The van der Waals surface area contributed by atoms with Crippen LogP contribution < -0.4 is 5.32 Å². The Kier molecular flexibility index (Phi) is 5.40. The van der Waals surface area contributed by atoms with Crippen molar-refractivity contribution in [3.8, 4) is 0 Å². The van der Waals surface area contributed by atoms with Crippen LogP contribution in [0.25, 0.3) is 0 Å². The molecule has 0 aromatic heterocycles. The summed E-state index contributed by atoms with van der Waals surface area (Å²) in [6.45, 7) is 6.99. The molecule has 0 aromatic carbocycles. The second-order valence-corrected chi connectivity index (χ2v) is 5.96. The van der Waals surface area contributed by atoms with Crippen LogP contribution in [-0.4, -0.2) is 59.9 Å². The predicted octanol–water partition coefficient (Wildman–Crippen LogP) is 0.988. The van der Waals surface area contributed by atoms with E-state index in [-0.39, 0.29) is 24.4 Å². The lowest BCUT2D eigenvalue weighted by molar-refractivity contribution is -0.157. The minimum atomic E-state index is -0.170. The van der Waals surface area contributed by atoms with Gasteiger partial charge in [-0.1, -0.05) is 6.92 Å². The van der Waals surface area contributed by atoms with Crippen LogP contribution in [0.4, 0.5) is 0 Å². The number of piperidine rings is 1. The quantitative estimate of drug-likeness (QED) is 0.790. The lowest BCUT2D eigenvalue weighted by atomic mass is 9.98. The summed E-state index contributed by atoms with van der Waals surface area (Å²) in [7, 11) is 0. The van der Waals surface area contributed by atoms with E-state index in [0.29, 0.717) is 12.6 Å². The zero-order valence-electron chi connectivity index (χ0n) is 12.7. The van der Waals surface area contributed by atoms with Gasteiger partial charge >= 0.3 is 0 Å². The van der Waals surface area contributed by atoms with Crippen molar-refractivity contribution in [1.82, 2.24) is 15.1 Å². The average molecular weight is 281 g/mol. The fourth-order valence-electron chi connectivity index (χ4n) is 3.26. The molecule has 0 aromatic rings. The first-order valence-corrected chi connectivity index (χ1v) is 7.95. The number of hydrogen-bond donors (Lipinski definition) is 1. The molecule has 2 atom stereocenters. The minimum absolute atomic E-state index is 0.133. The lowest BCUT2D eigenvalue weighted by Gasteiger charge is -2.42. The van der Waals surface area contributed by atoms with Crippen LogP contribution in [0.3, 0.4) is 0 Å². The molecule has 0 saturated carbocycles. The van der Waals surface area contributed by atoms with Crippen LogP contribution in [0.5, 0.6) is 0 Å². The third kappa shape index (κ3) is 3.51. The molecule has 2 aliphatic rings. The molecule has 0 spiro atoms. The second-order valence-electron chi connectivity index (χ2n) is 5.96. The number of rotatable bonds is 6. The monoisotopic (exact) mass is 281 g/mol. The van der Waals surface area contributed by atoms with Crippen molar-refractivity contribution in [2.45, 2.75) is 58.0 Å². The van der Waals surface area contributed by atoms with E-state index in [1.807, 2.05) is 0 Å². The first-order chi connectivity index (χ1) is 9.63. The van der Waals surface area contributed by atoms with E-state index in [1.54, 1.807) is 9.80 Å². The van der Waals surface area contributed by atoms with E-state index < -0.39 is 0 Å². The number of fused-ring (bicyclic) bond motifs is 1. The largest absolute Gasteiger partial charge is 0.332 e. The Hall–Kier alpha value is -1.10. The van der Waals surface area contributed by atoms with Crippen LogP contribution in [0.15, 0.2) is 0 Å². The summed E-state index contributed by atoms with van der Waals surface area (Å²) < 4.78 is 0. The number of nitrogens with zero attached hydrogens (tertiary/aromatic N) is 2. The molecule has 0 bridgehead atoms. The van der Waals surface area contributed by atoms with Crippen molar-refractivity contribution in [2.75, 3.05) is 26.2 Å². The van der Waals surface area contributed by atoms with Gasteiger partial charge < -0.3 is 15.1 Å². The summed E-state index contributed by atoms with van der Waals surface area (Å²) in [6.07, 6.45) is 4.94. The van der Waals surface area contributed by atoms with Gasteiger partial charge in [0.05, 0.1) is 6.54 Å². The number of hydrogen-bond acceptors (Lipinski definition) is 3. The molecule has 2 aliphatic heterocycles. The Morgan fingerprint density at radius 3 is 2.90 bits per heavy atom. The fraction of sp³-hybridized carbons (Fsp3) is 0.867. The number of carbonyl (C=O) groups excluding carboxylic acids is 2. The molecule has 2 unspecified atom stereocenters. The summed E-state index contributed by atoms with van der Waals surface area (Å²) >= 11 is 0. The Morgan fingerprint density at radius 1 is 1.35 bits per heavy atom. The Labute approximate surface area is 121 Å². The molecule has 5 nitrogen and oxygen atoms in total. The third-order valence-corrected chi connectivity index (χ3v) is 4.36. The van der Waals surface area contributed by atoms with Crippen LogP contribution in [0.2, 0.25) is 0 Å². The molecule has 2 saturated heterocycles. The van der Waals surface area contributed by atoms with Gasteiger partial charge in [-0.2, -0.15) is 0 Å². The Bertz CT molecular complexity index is 359. The first kappa shape index (κ1) is 15.3. The standard InChI is InChI=1S/C15H27N3O2/c1-3-16-12(2)7-6-9-17-11-14(19)18-10-5-4-8-13(18)15(17)20/h12-13,16H,3-11H2,1-2H3. The van der Waals surface area contributed by atoms with Crippen molar-refractivity contribution in [1.29, 1.82) is 0 Å². The van der Waals surface area contributed by atoms with E-state index in [1.165, 1.54) is 0 Å². The van der Waals surface area contributed by atoms with Crippen molar-refractivity contribution < 1.29 is 9.59 Å². The zero-order chi connectivity index (χ0) is 14.5. The number of piperazine rings is 1. The number of amides is 2. The molecule has 5 heteroatoms. The van der Waals surface area contributed by atoms with Gasteiger partial charge in [-0.05, 0) is 45.6 Å². The predicted molar refractivity (Wildman–Crippen MR) is 78.3 cm³/mol. The lowest BCUT2D eigenvalue weighted by Crippen LogP contribution is -2.61. The van der Waals surface area contributed by atoms with E-state index in [9.17, 15) is 9.59 Å². The van der Waals surface area contributed by atoms with Crippen molar-refractivity contribution in [3.05, 3.63) is 0 Å². The fourth-order valence-corrected chi connectivity index (χ4v) is 3.26. The first-order valence-electron chi connectivity index (χ1n) is 7.95. The molecule has 0 aliphatic carbocycles. The number of nitrogens with one attached hydrogen (secondary N) is 1. The molecule has 2 amide bonds. The SMILES string of the molecule is CCNC(C)CCCN1CC(=O)N2CCCCC2C1=O. The van der Waals surface area contributed by atoms with Gasteiger partial charge in [-0.15, -0.1) is 0 Å². The smallest absolute Gasteiger partial charge is 0.245 e. The summed E-state index contributed by atoms with van der Waals surface area (Å²) in [5.74, 6) is 0.300. The minimum Gasteiger partial charge on any atom is -0.332 e. The van der Waals surface area contributed by atoms with E-state index in [4.69, 9.17) is 0 Å². The van der Waals surface area contributed by atoms with Crippen molar-refractivity contribution in [3.63, 3.8) is 0 Å². The molecule has 114 valence electrons. The van der Waals surface area contributed by atoms with E-state index in [0.717, 1.165) is 45.2 Å². The van der Waals surface area contributed by atoms with Gasteiger partial charge in [0, 0.05) is 19.1 Å². The Morgan fingerprint density at radius 2 is 2.15 bits per heavy atom. The van der Waals surface area contributed by atoms with E-state index >= 15 is 0 Å². The third-order valence-electron chi connectivity index (χ3n) is 4.36. The molecular weight excluding hydrogens is 254 g/mol. The second kappa shape index (κ2) is 7.07. The van der Waals surface area contributed by atoms with Gasteiger partial charge in [0.15, 0.2) is 0 Å².